The maximum absolute atomic E-state index is 5.38. The van der Waals surface area contributed by atoms with E-state index in [1.807, 2.05) is 0 Å². The molecule has 0 aromatic carbocycles. The van der Waals surface area contributed by atoms with Gasteiger partial charge in [-0.15, -0.1) is 0 Å². The van der Waals surface area contributed by atoms with E-state index < -0.39 is 0 Å². The molecule has 5 heteroatoms. The van der Waals surface area contributed by atoms with Crippen LogP contribution in [-0.4, -0.2) is 35.4 Å². The van der Waals surface area contributed by atoms with Crippen molar-refractivity contribution in [1.82, 2.24) is 15.2 Å². The summed E-state index contributed by atoms with van der Waals surface area (Å²) in [4.78, 5) is 4.27. The molecule has 0 aliphatic carbocycles. The molecular formula is C8H16N4O. The van der Waals surface area contributed by atoms with Crippen molar-refractivity contribution < 1.29 is 4.74 Å². The van der Waals surface area contributed by atoms with Gasteiger partial charge >= 0.3 is 0 Å². The van der Waals surface area contributed by atoms with E-state index in [1.165, 1.54) is 0 Å². The minimum absolute atomic E-state index is 0.593. The van der Waals surface area contributed by atoms with Crippen LogP contribution in [0.2, 0.25) is 0 Å². The van der Waals surface area contributed by atoms with E-state index >= 15 is 0 Å². The molecule has 5 nitrogen and oxygen atoms in total. The van der Waals surface area contributed by atoms with Crippen LogP contribution in [0.4, 0.5) is 0 Å². The van der Waals surface area contributed by atoms with E-state index in [1.54, 1.807) is 7.11 Å². The largest absolute Gasteiger partial charge is 0.385 e. The number of hydrogen-bond acceptors (Lipinski definition) is 4. The Labute approximate surface area is 77.7 Å². The average Bonchev–Trinajstić information content (AvgIpc) is 2.54. The van der Waals surface area contributed by atoms with E-state index in [9.17, 15) is 0 Å². The third-order valence-corrected chi connectivity index (χ3v) is 1.71. The molecule has 74 valence electrons. The Bertz CT molecular complexity index is 236. The first-order chi connectivity index (χ1) is 6.36. The van der Waals surface area contributed by atoms with Crippen LogP contribution in [0.5, 0.6) is 0 Å². The quantitative estimate of drug-likeness (QED) is 0.604. The van der Waals surface area contributed by atoms with Crippen LogP contribution in [0.15, 0.2) is 0 Å². The first kappa shape index (κ1) is 10.1. The molecule has 1 rings (SSSR count). The van der Waals surface area contributed by atoms with Gasteiger partial charge in [-0.2, -0.15) is 5.10 Å². The molecule has 0 atom stereocenters. The van der Waals surface area contributed by atoms with Gasteiger partial charge in [-0.3, -0.25) is 5.10 Å². The van der Waals surface area contributed by atoms with Crippen molar-refractivity contribution in [1.29, 1.82) is 0 Å². The highest BCUT2D eigenvalue weighted by Gasteiger charge is 2.01. The third-order valence-electron chi connectivity index (χ3n) is 1.71. The van der Waals surface area contributed by atoms with Gasteiger partial charge in [-0.1, -0.05) is 0 Å². The molecule has 0 saturated heterocycles. The zero-order valence-electron chi connectivity index (χ0n) is 7.92. The molecule has 3 N–H and O–H groups in total. The highest BCUT2D eigenvalue weighted by atomic mass is 16.5. The number of aryl methyl sites for hydroxylation is 1. The maximum atomic E-state index is 5.38. The average molecular weight is 184 g/mol. The summed E-state index contributed by atoms with van der Waals surface area (Å²) >= 11 is 0. The fraction of sp³-hybridized carbons (Fsp3) is 0.750. The standard InChI is InChI=1S/C8H16N4O/c1-13-6-2-3-7-10-8(4-5-9)12-11-7/h2-6,9H2,1H3,(H,10,11,12). The van der Waals surface area contributed by atoms with Gasteiger partial charge in [0.1, 0.15) is 5.82 Å². The molecule has 0 amide bonds. The second-order valence-electron chi connectivity index (χ2n) is 2.83. The van der Waals surface area contributed by atoms with Crippen molar-refractivity contribution >= 4 is 0 Å². The van der Waals surface area contributed by atoms with Crippen LogP contribution in [0, 0.1) is 0 Å². The molecule has 1 aromatic heterocycles. The Hall–Kier alpha value is -0.940. The minimum Gasteiger partial charge on any atom is -0.385 e. The number of nitrogens with two attached hydrogens (primary N) is 1. The van der Waals surface area contributed by atoms with Crippen LogP contribution in [0.1, 0.15) is 18.1 Å². The molecule has 0 fully saturated rings. The second-order valence-corrected chi connectivity index (χ2v) is 2.83. The zero-order chi connectivity index (χ0) is 9.52. The molecule has 0 aliphatic rings. The van der Waals surface area contributed by atoms with Crippen LogP contribution >= 0.6 is 0 Å². The Morgan fingerprint density at radius 2 is 2.31 bits per heavy atom. The molecule has 1 heterocycles. The molecule has 13 heavy (non-hydrogen) atoms. The summed E-state index contributed by atoms with van der Waals surface area (Å²) in [6.07, 6.45) is 2.58. The predicted molar refractivity (Wildman–Crippen MR) is 49.3 cm³/mol. The molecule has 0 aliphatic heterocycles. The van der Waals surface area contributed by atoms with E-state index in [2.05, 4.69) is 15.2 Å². The molecule has 0 saturated carbocycles. The second kappa shape index (κ2) is 5.66. The van der Waals surface area contributed by atoms with Gasteiger partial charge in [0.2, 0.25) is 0 Å². The summed E-state index contributed by atoms with van der Waals surface area (Å²) in [6.45, 7) is 1.35. The molecule has 0 spiro atoms. The Morgan fingerprint density at radius 3 is 3.00 bits per heavy atom. The number of aromatic nitrogens is 3. The lowest BCUT2D eigenvalue weighted by molar-refractivity contribution is 0.194. The normalized spacial score (nSPS) is 10.6. The lowest BCUT2D eigenvalue weighted by atomic mass is 10.3. The Balaban J connectivity index is 2.31. The summed E-state index contributed by atoms with van der Waals surface area (Å²) in [5.41, 5.74) is 5.38. The fourth-order valence-corrected chi connectivity index (χ4v) is 1.07. The van der Waals surface area contributed by atoms with Crippen molar-refractivity contribution in [2.45, 2.75) is 19.3 Å². The number of methoxy groups -OCH3 is 1. The maximum Gasteiger partial charge on any atom is 0.151 e. The lowest BCUT2D eigenvalue weighted by Gasteiger charge is -1.94. The summed E-state index contributed by atoms with van der Waals surface area (Å²) in [7, 11) is 1.69. The molecule has 1 aromatic rings. The van der Waals surface area contributed by atoms with Crippen molar-refractivity contribution in [2.24, 2.45) is 5.73 Å². The number of nitrogens with zero attached hydrogens (tertiary/aromatic N) is 2. The SMILES string of the molecule is COCCCc1nc(CCN)n[nH]1. The molecule has 0 radical (unpaired) electrons. The third kappa shape index (κ3) is 3.52. The van der Waals surface area contributed by atoms with Gasteiger partial charge in [-0.25, -0.2) is 4.98 Å². The van der Waals surface area contributed by atoms with Crippen LogP contribution in [0.25, 0.3) is 0 Å². The van der Waals surface area contributed by atoms with Gasteiger partial charge in [0, 0.05) is 26.6 Å². The van der Waals surface area contributed by atoms with E-state index in [4.69, 9.17) is 10.5 Å². The van der Waals surface area contributed by atoms with Gasteiger partial charge in [0.05, 0.1) is 0 Å². The van der Waals surface area contributed by atoms with Crippen molar-refractivity contribution in [3.63, 3.8) is 0 Å². The van der Waals surface area contributed by atoms with Crippen LogP contribution in [-0.2, 0) is 17.6 Å². The number of H-pyrrole nitrogens is 1. The van der Waals surface area contributed by atoms with Crippen molar-refractivity contribution in [3.8, 4) is 0 Å². The summed E-state index contributed by atoms with van der Waals surface area (Å²) in [5, 5.41) is 6.90. The van der Waals surface area contributed by atoms with E-state index in [-0.39, 0.29) is 0 Å². The smallest absolute Gasteiger partial charge is 0.151 e. The van der Waals surface area contributed by atoms with Crippen LogP contribution in [0.3, 0.4) is 0 Å². The Morgan fingerprint density at radius 1 is 1.46 bits per heavy atom. The summed E-state index contributed by atoms with van der Waals surface area (Å²) < 4.78 is 4.94. The first-order valence-electron chi connectivity index (χ1n) is 4.46. The summed E-state index contributed by atoms with van der Waals surface area (Å²) in [6, 6.07) is 0. The van der Waals surface area contributed by atoms with Gasteiger partial charge in [0.25, 0.3) is 0 Å². The van der Waals surface area contributed by atoms with Crippen molar-refractivity contribution in [3.05, 3.63) is 11.6 Å². The monoisotopic (exact) mass is 184 g/mol. The lowest BCUT2D eigenvalue weighted by Crippen LogP contribution is -2.04. The van der Waals surface area contributed by atoms with E-state index in [0.29, 0.717) is 6.54 Å². The predicted octanol–water partition coefficient (Wildman–Crippen LogP) is -0.115. The van der Waals surface area contributed by atoms with Gasteiger partial charge in [-0.05, 0) is 13.0 Å². The molecule has 0 bridgehead atoms. The van der Waals surface area contributed by atoms with Crippen molar-refractivity contribution in [2.75, 3.05) is 20.3 Å². The fourth-order valence-electron chi connectivity index (χ4n) is 1.07. The number of ether oxygens (including phenoxy) is 1. The Kier molecular flexibility index (Phi) is 4.42. The number of hydrogen-bond donors (Lipinski definition) is 2. The van der Waals surface area contributed by atoms with Gasteiger partial charge < -0.3 is 10.5 Å². The van der Waals surface area contributed by atoms with Crippen LogP contribution < -0.4 is 5.73 Å². The molecular weight excluding hydrogens is 168 g/mol. The molecule has 0 unspecified atom stereocenters. The van der Waals surface area contributed by atoms with Gasteiger partial charge in [0.15, 0.2) is 5.82 Å². The number of nitrogens with one attached hydrogen (secondary N) is 1. The zero-order valence-corrected chi connectivity index (χ0v) is 7.92. The number of aromatic amines is 1. The van der Waals surface area contributed by atoms with E-state index in [0.717, 1.165) is 37.5 Å². The topological polar surface area (TPSA) is 76.8 Å². The minimum atomic E-state index is 0.593. The summed E-state index contributed by atoms with van der Waals surface area (Å²) in [5.74, 6) is 1.72. The number of rotatable bonds is 6. The highest BCUT2D eigenvalue weighted by molar-refractivity contribution is 4.90. The first-order valence-corrected chi connectivity index (χ1v) is 4.46. The highest BCUT2D eigenvalue weighted by Crippen LogP contribution is 1.97.